The average molecular weight is 413 g/mol. The number of anilines is 2. The molecule has 11 heteroatoms. The van der Waals surface area contributed by atoms with Gasteiger partial charge in [0.25, 0.3) is 5.92 Å². The molecule has 0 spiro atoms. The maximum absolute atomic E-state index is 14.7. The minimum Gasteiger partial charge on any atom is -0.478 e. The Labute approximate surface area is 158 Å². The Morgan fingerprint density at radius 1 is 1.43 bits per heavy atom. The molecule has 0 amide bonds. The maximum Gasteiger partial charge on any atom is 0.338 e. The summed E-state index contributed by atoms with van der Waals surface area (Å²) in [4.78, 5) is 15.3. The molecule has 1 saturated carbocycles. The Hall–Kier alpha value is -2.82. The monoisotopic (exact) mass is 413 g/mol. The van der Waals surface area contributed by atoms with Crippen molar-refractivity contribution in [3.63, 3.8) is 0 Å². The highest BCUT2D eigenvalue weighted by Crippen LogP contribution is 2.52. The predicted octanol–water partition coefficient (Wildman–Crippen LogP) is 2.89. The summed E-state index contributed by atoms with van der Waals surface area (Å²) < 4.78 is 68.8. The molecule has 148 valence electrons. The summed E-state index contributed by atoms with van der Waals surface area (Å²) in [6, 6.07) is 5.02. The summed E-state index contributed by atoms with van der Waals surface area (Å²) >= 11 is 0. The van der Waals surface area contributed by atoms with Crippen LogP contribution in [0.1, 0.15) is 22.3 Å². The van der Waals surface area contributed by atoms with Crippen molar-refractivity contribution in [1.82, 2.24) is 4.98 Å². The first-order chi connectivity index (χ1) is 13.0. The van der Waals surface area contributed by atoms with E-state index in [4.69, 9.17) is 5.11 Å². The van der Waals surface area contributed by atoms with Crippen molar-refractivity contribution in [1.29, 1.82) is 0 Å². The number of aromatic carboxylic acids is 1. The smallest absolute Gasteiger partial charge is 0.338 e. The number of alkyl halides is 2. The molecule has 28 heavy (non-hydrogen) atoms. The van der Waals surface area contributed by atoms with Crippen molar-refractivity contribution in [3.05, 3.63) is 41.2 Å². The Morgan fingerprint density at radius 2 is 2.11 bits per heavy atom. The van der Waals surface area contributed by atoms with E-state index in [0.29, 0.717) is 0 Å². The Morgan fingerprint density at radius 3 is 2.71 bits per heavy atom. The van der Waals surface area contributed by atoms with E-state index < -0.39 is 39.4 Å². The molecule has 1 aromatic carbocycles. The van der Waals surface area contributed by atoms with Gasteiger partial charge >= 0.3 is 16.2 Å². The summed E-state index contributed by atoms with van der Waals surface area (Å²) in [6.07, 6.45) is -0.438. The van der Waals surface area contributed by atoms with Gasteiger partial charge < -0.3 is 5.11 Å². The van der Waals surface area contributed by atoms with Crippen LogP contribution in [0.5, 0.6) is 0 Å². The maximum atomic E-state index is 14.7. The molecular weight excluding hydrogens is 399 g/mol. The molecule has 2 aliphatic rings. The number of hydrogen-bond donors (Lipinski definition) is 2. The first-order valence-corrected chi connectivity index (χ1v) is 9.66. The van der Waals surface area contributed by atoms with Gasteiger partial charge in [0.2, 0.25) is 0 Å². The standard InChI is InChI=1S/C17H14F3N3O4S/c1-23-15-14(22-28(23,26)27)8(5-9-7-17(9,19)20)6-12(21-15)10-3-2-4-11(13(10)18)16(24)25/h2-4,6,9,22H,5,7H2,1H3,(H,24,25). The topological polar surface area (TPSA) is 99.6 Å². The van der Waals surface area contributed by atoms with Crippen molar-refractivity contribution < 1.29 is 31.5 Å². The molecule has 1 aromatic heterocycles. The van der Waals surface area contributed by atoms with Crippen LogP contribution < -0.4 is 9.03 Å². The molecule has 2 N–H and O–H groups in total. The fourth-order valence-corrected chi connectivity index (χ4v) is 4.16. The van der Waals surface area contributed by atoms with Gasteiger partial charge in [0.05, 0.1) is 16.9 Å². The Balaban J connectivity index is 1.88. The lowest BCUT2D eigenvalue weighted by atomic mass is 10.0. The van der Waals surface area contributed by atoms with Crippen molar-refractivity contribution in [2.45, 2.75) is 18.8 Å². The van der Waals surface area contributed by atoms with E-state index in [9.17, 15) is 26.4 Å². The minimum atomic E-state index is -3.94. The molecule has 2 heterocycles. The van der Waals surface area contributed by atoms with E-state index >= 15 is 0 Å². The number of aromatic nitrogens is 1. The number of fused-ring (bicyclic) bond motifs is 1. The van der Waals surface area contributed by atoms with Gasteiger partial charge in [0.15, 0.2) is 5.82 Å². The Bertz CT molecular complexity index is 1120. The molecule has 2 aromatic rings. The summed E-state index contributed by atoms with van der Waals surface area (Å²) in [6.45, 7) is 0. The van der Waals surface area contributed by atoms with Gasteiger partial charge in [-0.1, -0.05) is 6.07 Å². The lowest BCUT2D eigenvalue weighted by Crippen LogP contribution is -2.25. The normalized spacial score (nSPS) is 21.1. The lowest BCUT2D eigenvalue weighted by molar-refractivity contribution is 0.0691. The van der Waals surface area contributed by atoms with Gasteiger partial charge in [-0.05, 0) is 30.2 Å². The highest BCUT2D eigenvalue weighted by molar-refractivity contribution is 7.94. The third-order valence-corrected chi connectivity index (χ3v) is 6.26. The number of nitrogens with zero attached hydrogens (tertiary/aromatic N) is 2. The second-order valence-electron chi connectivity index (χ2n) is 6.78. The van der Waals surface area contributed by atoms with Crippen LogP contribution in [0.25, 0.3) is 11.3 Å². The predicted molar refractivity (Wildman–Crippen MR) is 94.3 cm³/mol. The lowest BCUT2D eigenvalue weighted by Gasteiger charge is -2.13. The highest BCUT2D eigenvalue weighted by atomic mass is 32.2. The van der Waals surface area contributed by atoms with Gasteiger partial charge in [-0.25, -0.2) is 27.3 Å². The van der Waals surface area contributed by atoms with Crippen LogP contribution in [0.2, 0.25) is 0 Å². The number of carbonyl (C=O) groups is 1. The van der Waals surface area contributed by atoms with Crippen LogP contribution in [0.15, 0.2) is 24.3 Å². The number of benzene rings is 1. The van der Waals surface area contributed by atoms with Crippen molar-refractivity contribution in [2.24, 2.45) is 5.92 Å². The van der Waals surface area contributed by atoms with Gasteiger partial charge in [-0.2, -0.15) is 8.42 Å². The molecule has 1 unspecified atom stereocenters. The summed E-state index contributed by atoms with van der Waals surface area (Å²) in [5.41, 5.74) is -0.457. The second-order valence-corrected chi connectivity index (χ2v) is 8.48. The first-order valence-electron chi connectivity index (χ1n) is 8.22. The third-order valence-electron chi connectivity index (χ3n) is 4.90. The molecule has 4 rings (SSSR count). The number of hydrogen-bond acceptors (Lipinski definition) is 4. The molecule has 0 radical (unpaired) electrons. The Kier molecular flexibility index (Phi) is 3.86. The molecule has 1 aliphatic carbocycles. The molecule has 7 nitrogen and oxygen atoms in total. The zero-order valence-electron chi connectivity index (χ0n) is 14.4. The van der Waals surface area contributed by atoms with Crippen molar-refractivity contribution >= 4 is 27.7 Å². The van der Waals surface area contributed by atoms with Crippen molar-refractivity contribution in [2.75, 3.05) is 16.1 Å². The molecule has 0 bridgehead atoms. The molecule has 1 atom stereocenters. The van der Waals surface area contributed by atoms with E-state index in [0.717, 1.165) is 10.4 Å². The summed E-state index contributed by atoms with van der Waals surface area (Å²) in [5, 5.41) is 9.10. The molecule has 0 saturated heterocycles. The SMILES string of the molecule is CN1c2nc(-c3cccc(C(=O)O)c3F)cc(CC3CC3(F)F)c2NS1(=O)=O. The minimum absolute atomic E-state index is 0.0379. The molecule has 1 fully saturated rings. The number of carboxylic acid groups (broad SMARTS) is 1. The summed E-state index contributed by atoms with van der Waals surface area (Å²) in [7, 11) is -2.71. The number of nitrogens with one attached hydrogen (secondary N) is 1. The highest BCUT2D eigenvalue weighted by Gasteiger charge is 2.56. The number of pyridine rings is 1. The third kappa shape index (κ3) is 2.86. The van der Waals surface area contributed by atoms with Crippen LogP contribution in [-0.2, 0) is 16.6 Å². The van der Waals surface area contributed by atoms with E-state index in [-0.39, 0.29) is 41.2 Å². The van der Waals surface area contributed by atoms with Gasteiger partial charge in [-0.3, -0.25) is 4.72 Å². The zero-order chi connectivity index (χ0) is 20.4. The van der Waals surface area contributed by atoms with Gasteiger partial charge in [0.1, 0.15) is 5.82 Å². The zero-order valence-corrected chi connectivity index (χ0v) is 15.2. The summed E-state index contributed by atoms with van der Waals surface area (Å²) in [5.74, 6) is -6.34. The number of carboxylic acids is 1. The number of halogens is 3. The van der Waals surface area contributed by atoms with Gasteiger partial charge in [-0.15, -0.1) is 0 Å². The van der Waals surface area contributed by atoms with Crippen LogP contribution in [0, 0.1) is 11.7 Å². The van der Waals surface area contributed by atoms with Crippen LogP contribution in [-0.4, -0.2) is 37.4 Å². The molecular formula is C17H14F3N3O4S. The second kappa shape index (κ2) is 5.84. The van der Waals surface area contributed by atoms with Crippen LogP contribution >= 0.6 is 0 Å². The molecule has 1 aliphatic heterocycles. The quantitative estimate of drug-likeness (QED) is 0.803. The first kappa shape index (κ1) is 18.5. The van der Waals surface area contributed by atoms with E-state index in [1.54, 1.807) is 0 Å². The van der Waals surface area contributed by atoms with Crippen LogP contribution in [0.4, 0.5) is 24.7 Å². The van der Waals surface area contributed by atoms with E-state index in [2.05, 4.69) is 9.71 Å². The van der Waals surface area contributed by atoms with Crippen LogP contribution in [0.3, 0.4) is 0 Å². The fraction of sp³-hybridized carbons (Fsp3) is 0.294. The van der Waals surface area contributed by atoms with E-state index in [1.165, 1.54) is 25.2 Å². The number of rotatable bonds is 4. The fourth-order valence-electron chi connectivity index (χ4n) is 3.18. The van der Waals surface area contributed by atoms with Gasteiger partial charge in [0, 0.05) is 24.9 Å². The van der Waals surface area contributed by atoms with Crippen molar-refractivity contribution in [3.8, 4) is 11.3 Å². The average Bonchev–Trinajstić information content (AvgIpc) is 3.13. The van der Waals surface area contributed by atoms with E-state index in [1.807, 2.05) is 0 Å². The largest absolute Gasteiger partial charge is 0.478 e.